The van der Waals surface area contributed by atoms with Gasteiger partial charge in [0.05, 0.1) is 5.01 Å². The average Bonchev–Trinajstić information content (AvgIpc) is 2.44. The lowest BCUT2D eigenvalue weighted by molar-refractivity contribution is 0.0908. The highest BCUT2D eigenvalue weighted by atomic mass is 32.1. The molecule has 0 aromatic carbocycles. The third-order valence-electron chi connectivity index (χ3n) is 2.88. The number of ketones is 1. The standard InChI is InChI=1S/C13H19NOS/c1-12(2,3)11-14-10-8(15)6-13(4,5)7-9(10)16-11/h6-7H2,1-5H3. The number of fused-ring (bicyclic) bond motifs is 1. The van der Waals surface area contributed by atoms with Crippen LogP contribution in [0.3, 0.4) is 0 Å². The molecule has 0 amide bonds. The molecule has 1 aliphatic rings. The van der Waals surface area contributed by atoms with Crippen molar-refractivity contribution in [3.63, 3.8) is 0 Å². The van der Waals surface area contributed by atoms with Crippen LogP contribution in [0.4, 0.5) is 0 Å². The SMILES string of the molecule is CC1(C)CC(=O)c2nc(C(C)(C)C)sc2C1. The molecule has 0 saturated carbocycles. The first-order valence-electron chi connectivity index (χ1n) is 5.72. The highest BCUT2D eigenvalue weighted by molar-refractivity contribution is 7.12. The molecule has 0 fully saturated rings. The van der Waals surface area contributed by atoms with Crippen LogP contribution >= 0.6 is 11.3 Å². The monoisotopic (exact) mass is 237 g/mol. The van der Waals surface area contributed by atoms with Crippen molar-refractivity contribution in [3.05, 3.63) is 15.6 Å². The Labute approximate surface area is 101 Å². The molecule has 3 heteroatoms. The number of carbonyl (C=O) groups is 1. The minimum Gasteiger partial charge on any atom is -0.292 e. The molecule has 2 nitrogen and oxygen atoms in total. The van der Waals surface area contributed by atoms with Crippen LogP contribution in [-0.2, 0) is 11.8 Å². The fourth-order valence-corrected chi connectivity index (χ4v) is 3.42. The summed E-state index contributed by atoms with van der Waals surface area (Å²) in [5.41, 5.74) is 0.896. The normalized spacial score (nSPS) is 19.7. The minimum absolute atomic E-state index is 0.0480. The second-order valence-electron chi connectivity index (χ2n) is 6.48. The molecule has 1 aliphatic carbocycles. The Hall–Kier alpha value is -0.700. The molecule has 16 heavy (non-hydrogen) atoms. The van der Waals surface area contributed by atoms with Crippen LogP contribution in [0.15, 0.2) is 0 Å². The van der Waals surface area contributed by atoms with Crippen LogP contribution in [0, 0.1) is 5.41 Å². The highest BCUT2D eigenvalue weighted by Gasteiger charge is 2.35. The van der Waals surface area contributed by atoms with E-state index in [1.807, 2.05) is 0 Å². The predicted molar refractivity (Wildman–Crippen MR) is 67.2 cm³/mol. The van der Waals surface area contributed by atoms with Crippen LogP contribution in [-0.4, -0.2) is 10.8 Å². The maximum atomic E-state index is 12.0. The molecule has 2 rings (SSSR count). The van der Waals surface area contributed by atoms with E-state index in [4.69, 9.17) is 0 Å². The van der Waals surface area contributed by atoms with Gasteiger partial charge in [-0.15, -0.1) is 11.3 Å². The van der Waals surface area contributed by atoms with E-state index < -0.39 is 0 Å². The average molecular weight is 237 g/mol. The maximum absolute atomic E-state index is 12.0. The molecule has 0 bridgehead atoms. The summed E-state index contributed by atoms with van der Waals surface area (Å²) in [4.78, 5) is 17.7. The van der Waals surface area contributed by atoms with Gasteiger partial charge in [-0.3, -0.25) is 4.79 Å². The van der Waals surface area contributed by atoms with Gasteiger partial charge >= 0.3 is 0 Å². The summed E-state index contributed by atoms with van der Waals surface area (Å²) in [6.07, 6.45) is 1.62. The summed E-state index contributed by atoms with van der Waals surface area (Å²) in [6, 6.07) is 0. The van der Waals surface area contributed by atoms with Gasteiger partial charge in [0.25, 0.3) is 0 Å². The molecule has 0 unspecified atom stereocenters. The van der Waals surface area contributed by atoms with Crippen molar-refractivity contribution in [2.45, 2.75) is 52.9 Å². The lowest BCUT2D eigenvalue weighted by Gasteiger charge is -2.26. The number of aromatic nitrogens is 1. The molecule has 0 spiro atoms. The fourth-order valence-electron chi connectivity index (χ4n) is 2.03. The van der Waals surface area contributed by atoms with Crippen LogP contribution in [0.5, 0.6) is 0 Å². The summed E-state index contributed by atoms with van der Waals surface area (Å²) < 4.78 is 0. The summed E-state index contributed by atoms with van der Waals surface area (Å²) >= 11 is 1.72. The number of Topliss-reactive ketones (excluding diaryl/α,β-unsaturated/α-hetero) is 1. The number of hydrogen-bond donors (Lipinski definition) is 0. The largest absolute Gasteiger partial charge is 0.292 e. The Kier molecular flexibility index (Phi) is 2.50. The Balaban J connectivity index is 2.46. The molecular weight excluding hydrogens is 218 g/mol. The quantitative estimate of drug-likeness (QED) is 0.690. The van der Waals surface area contributed by atoms with Crippen LogP contribution in [0.2, 0.25) is 0 Å². The van der Waals surface area contributed by atoms with Gasteiger partial charge in [-0.05, 0) is 11.8 Å². The van der Waals surface area contributed by atoms with Crippen molar-refractivity contribution in [1.82, 2.24) is 4.98 Å². The van der Waals surface area contributed by atoms with Gasteiger partial charge in [0.1, 0.15) is 5.69 Å². The molecule has 0 aliphatic heterocycles. The zero-order valence-electron chi connectivity index (χ0n) is 10.7. The van der Waals surface area contributed by atoms with E-state index in [-0.39, 0.29) is 16.6 Å². The predicted octanol–water partition coefficient (Wildman–Crippen LogP) is 3.60. The minimum atomic E-state index is 0.0480. The van der Waals surface area contributed by atoms with Crippen molar-refractivity contribution < 1.29 is 4.79 Å². The Bertz CT molecular complexity index is 437. The molecule has 1 heterocycles. The molecule has 1 aromatic heterocycles. The number of nitrogens with zero attached hydrogens (tertiary/aromatic N) is 1. The van der Waals surface area contributed by atoms with E-state index in [0.29, 0.717) is 6.42 Å². The Morgan fingerprint density at radius 1 is 1.25 bits per heavy atom. The maximum Gasteiger partial charge on any atom is 0.182 e. The number of carbonyl (C=O) groups excluding carboxylic acids is 1. The van der Waals surface area contributed by atoms with Crippen molar-refractivity contribution in [1.29, 1.82) is 0 Å². The molecule has 0 radical (unpaired) electrons. The van der Waals surface area contributed by atoms with Gasteiger partial charge in [-0.1, -0.05) is 34.6 Å². The van der Waals surface area contributed by atoms with Crippen molar-refractivity contribution in [2.75, 3.05) is 0 Å². The van der Waals surface area contributed by atoms with Gasteiger partial charge < -0.3 is 0 Å². The fraction of sp³-hybridized carbons (Fsp3) is 0.692. The van der Waals surface area contributed by atoms with Crippen molar-refractivity contribution >= 4 is 17.1 Å². The summed E-state index contributed by atoms with van der Waals surface area (Å²) in [5.74, 6) is 0.220. The highest BCUT2D eigenvalue weighted by Crippen LogP contribution is 2.39. The summed E-state index contributed by atoms with van der Waals surface area (Å²) in [5, 5.41) is 1.09. The van der Waals surface area contributed by atoms with Crippen molar-refractivity contribution in [2.24, 2.45) is 5.41 Å². The van der Waals surface area contributed by atoms with E-state index in [2.05, 4.69) is 39.6 Å². The second-order valence-corrected chi connectivity index (χ2v) is 7.57. The molecular formula is C13H19NOS. The zero-order valence-corrected chi connectivity index (χ0v) is 11.5. The van der Waals surface area contributed by atoms with E-state index in [0.717, 1.165) is 17.1 Å². The molecule has 1 aromatic rings. The summed E-state index contributed by atoms with van der Waals surface area (Å²) in [6.45, 7) is 10.8. The van der Waals surface area contributed by atoms with Crippen molar-refractivity contribution in [3.8, 4) is 0 Å². The van der Waals surface area contributed by atoms with Gasteiger partial charge in [0.15, 0.2) is 5.78 Å². The third kappa shape index (κ3) is 2.05. The molecule has 0 atom stereocenters. The molecule has 0 N–H and O–H groups in total. The first kappa shape index (κ1) is 11.8. The van der Waals surface area contributed by atoms with Gasteiger partial charge in [-0.2, -0.15) is 0 Å². The first-order valence-corrected chi connectivity index (χ1v) is 6.54. The third-order valence-corrected chi connectivity index (χ3v) is 4.36. The summed E-state index contributed by atoms with van der Waals surface area (Å²) in [7, 11) is 0. The Morgan fingerprint density at radius 2 is 1.88 bits per heavy atom. The van der Waals surface area contributed by atoms with E-state index in [1.165, 1.54) is 4.88 Å². The number of thiazole rings is 1. The topological polar surface area (TPSA) is 30.0 Å². The van der Waals surface area contributed by atoms with Gasteiger partial charge in [0, 0.05) is 16.7 Å². The lowest BCUT2D eigenvalue weighted by Crippen LogP contribution is -2.26. The zero-order chi connectivity index (χ0) is 12.1. The number of hydrogen-bond acceptors (Lipinski definition) is 3. The van der Waals surface area contributed by atoms with Gasteiger partial charge in [-0.25, -0.2) is 4.98 Å². The van der Waals surface area contributed by atoms with E-state index in [1.54, 1.807) is 11.3 Å². The lowest BCUT2D eigenvalue weighted by atomic mass is 9.78. The molecule has 88 valence electrons. The Morgan fingerprint density at radius 3 is 2.44 bits per heavy atom. The number of rotatable bonds is 0. The first-order chi connectivity index (χ1) is 7.19. The second kappa shape index (κ2) is 3.39. The van der Waals surface area contributed by atoms with Crippen LogP contribution in [0.25, 0.3) is 0 Å². The molecule has 0 saturated heterocycles. The smallest absolute Gasteiger partial charge is 0.182 e. The van der Waals surface area contributed by atoms with E-state index in [9.17, 15) is 4.79 Å². The van der Waals surface area contributed by atoms with Crippen LogP contribution < -0.4 is 0 Å². The van der Waals surface area contributed by atoms with Gasteiger partial charge in [0.2, 0.25) is 0 Å². The van der Waals surface area contributed by atoms with Crippen LogP contribution in [0.1, 0.15) is 61.4 Å². The van der Waals surface area contributed by atoms with E-state index >= 15 is 0 Å².